The molecule has 1 heterocycles. The average Bonchev–Trinajstić information content (AvgIpc) is 2.85. The molecule has 0 radical (unpaired) electrons. The topological polar surface area (TPSA) is 79.2 Å². The number of benzene rings is 2. The number of fused-ring (bicyclic) bond motifs is 1. The van der Waals surface area contributed by atoms with E-state index >= 15 is 0 Å². The molecule has 1 aliphatic heterocycles. The molecule has 0 fully saturated rings. The second kappa shape index (κ2) is 14.1. The Bertz CT molecular complexity index is 1060. The number of aliphatic hydroxyl groups excluding tert-OH is 2. The van der Waals surface area contributed by atoms with Gasteiger partial charge in [-0.05, 0) is 38.3 Å². The van der Waals surface area contributed by atoms with Crippen LogP contribution in [0.5, 0.6) is 0 Å². The van der Waals surface area contributed by atoms with E-state index in [0.717, 1.165) is 23.8 Å². The van der Waals surface area contributed by atoms with Crippen LogP contribution < -0.4 is 0 Å². The monoisotopic (exact) mass is 559 g/mol. The molecule has 2 unspecified atom stereocenters. The predicted octanol–water partition coefficient (Wildman–Crippen LogP) is 6.96. The van der Waals surface area contributed by atoms with E-state index in [2.05, 4.69) is 0 Å². The average molecular weight is 560 g/mol. The molecule has 0 bridgehead atoms. The van der Waals surface area contributed by atoms with Crippen molar-refractivity contribution in [3.8, 4) is 0 Å². The zero-order valence-electron chi connectivity index (χ0n) is 22.4. The first-order valence-corrected chi connectivity index (χ1v) is 12.4. The first kappa shape index (κ1) is 34.3. The maximum Gasteiger partial charge on any atom is 0.410 e. The zero-order chi connectivity index (χ0) is 28.7. The summed E-state index contributed by atoms with van der Waals surface area (Å²) in [4.78, 5) is 13.0. The van der Waals surface area contributed by atoms with Gasteiger partial charge in [-0.3, -0.25) is 0 Å². The summed E-state index contributed by atoms with van der Waals surface area (Å²) in [6.07, 6.45) is -0.424. The molecule has 10 heteroatoms. The highest BCUT2D eigenvalue weighted by molar-refractivity contribution is 5.67. The predicted molar refractivity (Wildman–Crippen MR) is 142 cm³/mol. The highest BCUT2D eigenvalue weighted by Crippen LogP contribution is 2.41. The van der Waals surface area contributed by atoms with Crippen molar-refractivity contribution in [1.82, 2.24) is 4.90 Å². The third-order valence-electron chi connectivity index (χ3n) is 5.78. The van der Waals surface area contributed by atoms with Crippen LogP contribution in [-0.2, 0) is 21.3 Å². The molecule has 2 aromatic rings. The number of carbonyl (C=O) groups excluding carboxylic acids is 1. The molecule has 0 aliphatic carbocycles. The number of alkyl halides is 4. The SMILES string of the molecule is C.CCCC1OCC(F)(F)c2ccccc21.CN(CC(O)c1ccccc1C(F)(F)CO)C(=O)OC(C)(C)C. The van der Waals surface area contributed by atoms with Crippen molar-refractivity contribution in [2.75, 3.05) is 26.8 Å². The fourth-order valence-corrected chi connectivity index (χ4v) is 3.96. The fraction of sp³-hybridized carbons (Fsp3) is 0.552. The highest BCUT2D eigenvalue weighted by atomic mass is 19.3. The number of hydrogen-bond donors (Lipinski definition) is 2. The molecule has 220 valence electrons. The van der Waals surface area contributed by atoms with Crippen LogP contribution in [0.1, 0.15) is 82.4 Å². The Labute approximate surface area is 228 Å². The minimum Gasteiger partial charge on any atom is -0.444 e. The molecule has 0 saturated carbocycles. The summed E-state index contributed by atoms with van der Waals surface area (Å²) in [7, 11) is 1.41. The lowest BCUT2D eigenvalue weighted by molar-refractivity contribution is -0.126. The highest BCUT2D eigenvalue weighted by Gasteiger charge is 2.40. The van der Waals surface area contributed by atoms with Crippen molar-refractivity contribution in [3.05, 3.63) is 70.8 Å². The fourth-order valence-electron chi connectivity index (χ4n) is 3.96. The molecule has 2 atom stereocenters. The van der Waals surface area contributed by atoms with Crippen LogP contribution in [0.3, 0.4) is 0 Å². The summed E-state index contributed by atoms with van der Waals surface area (Å²) < 4.78 is 64.8. The number of hydrogen-bond acceptors (Lipinski definition) is 5. The Kier molecular flexibility index (Phi) is 12.4. The molecule has 0 aromatic heterocycles. The van der Waals surface area contributed by atoms with Gasteiger partial charge in [0, 0.05) is 18.2 Å². The van der Waals surface area contributed by atoms with E-state index in [-0.39, 0.29) is 31.2 Å². The number of ether oxygens (including phenoxy) is 2. The van der Waals surface area contributed by atoms with Crippen LogP contribution >= 0.6 is 0 Å². The van der Waals surface area contributed by atoms with Gasteiger partial charge in [-0.1, -0.05) is 69.3 Å². The standard InChI is InChI=1S/C16H23F2NO4.C12H14F2O.CH4/c1-15(2,3)23-14(22)19(4)9-13(21)11-7-5-6-8-12(11)16(17,18)10-20;1-2-5-11-9-6-3-4-7-10(9)12(13,14)8-15-11;/h5-8,13,20-21H,9-10H2,1-4H3;3-4,6-7,11H,2,5,8H2,1H3;1H4. The molecule has 3 rings (SSSR count). The molecular weight excluding hydrogens is 518 g/mol. The molecule has 2 aromatic carbocycles. The Morgan fingerprint density at radius 1 is 1.15 bits per heavy atom. The second-order valence-electron chi connectivity index (χ2n) is 10.2. The van der Waals surface area contributed by atoms with E-state index in [0.29, 0.717) is 5.56 Å². The Morgan fingerprint density at radius 2 is 1.74 bits per heavy atom. The molecule has 0 spiro atoms. The molecule has 6 nitrogen and oxygen atoms in total. The summed E-state index contributed by atoms with van der Waals surface area (Å²) in [6, 6.07) is 12.1. The minimum absolute atomic E-state index is 0. The zero-order valence-corrected chi connectivity index (χ0v) is 22.4. The summed E-state index contributed by atoms with van der Waals surface area (Å²) in [6.45, 7) is 5.06. The number of likely N-dealkylation sites (N-methyl/N-ethyl adjacent to an activating group) is 1. The lowest BCUT2D eigenvalue weighted by Gasteiger charge is -2.31. The van der Waals surface area contributed by atoms with Gasteiger partial charge in [0.1, 0.15) is 18.8 Å². The summed E-state index contributed by atoms with van der Waals surface area (Å²) in [5, 5.41) is 19.0. The van der Waals surface area contributed by atoms with Gasteiger partial charge in [-0.15, -0.1) is 0 Å². The van der Waals surface area contributed by atoms with Gasteiger partial charge in [0.15, 0.2) is 0 Å². The quantitative estimate of drug-likeness (QED) is 0.359. The van der Waals surface area contributed by atoms with Crippen LogP contribution in [0.25, 0.3) is 0 Å². The van der Waals surface area contributed by atoms with E-state index < -0.39 is 48.4 Å². The molecule has 1 aliphatic rings. The van der Waals surface area contributed by atoms with Crippen molar-refractivity contribution in [3.63, 3.8) is 0 Å². The number of rotatable bonds is 7. The van der Waals surface area contributed by atoms with Crippen molar-refractivity contribution in [2.24, 2.45) is 0 Å². The Hall–Kier alpha value is -2.69. The summed E-state index contributed by atoms with van der Waals surface area (Å²) in [5.74, 6) is -6.30. The lowest BCUT2D eigenvalue weighted by atomic mass is 9.93. The van der Waals surface area contributed by atoms with E-state index in [4.69, 9.17) is 14.6 Å². The van der Waals surface area contributed by atoms with Crippen LogP contribution in [0.15, 0.2) is 48.5 Å². The van der Waals surface area contributed by atoms with E-state index in [1.807, 2.05) is 6.92 Å². The normalized spacial score (nSPS) is 17.1. The number of aliphatic hydroxyl groups is 2. The summed E-state index contributed by atoms with van der Waals surface area (Å²) in [5.41, 5.74) is -0.419. The van der Waals surface area contributed by atoms with Crippen LogP contribution in [0, 0.1) is 0 Å². The molecule has 39 heavy (non-hydrogen) atoms. The van der Waals surface area contributed by atoms with Gasteiger partial charge < -0.3 is 24.6 Å². The molecule has 2 N–H and O–H groups in total. The Balaban J connectivity index is 0.000000410. The van der Waals surface area contributed by atoms with Crippen LogP contribution in [0.4, 0.5) is 22.4 Å². The van der Waals surface area contributed by atoms with Gasteiger partial charge in [0.2, 0.25) is 0 Å². The number of halogens is 4. The molecular formula is C29H41F4NO5. The van der Waals surface area contributed by atoms with Crippen molar-refractivity contribution in [2.45, 2.75) is 77.6 Å². The minimum atomic E-state index is -3.47. The first-order valence-electron chi connectivity index (χ1n) is 12.4. The number of amides is 1. The maximum absolute atomic E-state index is 13.8. The second-order valence-corrected chi connectivity index (χ2v) is 10.2. The van der Waals surface area contributed by atoms with Gasteiger partial charge in [-0.2, -0.15) is 17.6 Å². The molecule has 0 saturated heterocycles. The largest absolute Gasteiger partial charge is 0.444 e. The number of carbonyl (C=O) groups is 1. The third-order valence-corrected chi connectivity index (χ3v) is 5.78. The first-order chi connectivity index (χ1) is 17.6. The van der Waals surface area contributed by atoms with E-state index in [1.165, 1.54) is 31.3 Å². The van der Waals surface area contributed by atoms with Crippen molar-refractivity contribution >= 4 is 6.09 Å². The third kappa shape index (κ3) is 9.47. The smallest absolute Gasteiger partial charge is 0.410 e. The number of nitrogens with zero attached hydrogens (tertiary/aromatic N) is 1. The summed E-state index contributed by atoms with van der Waals surface area (Å²) >= 11 is 0. The van der Waals surface area contributed by atoms with Gasteiger partial charge in [0.05, 0.1) is 18.8 Å². The lowest BCUT2D eigenvalue weighted by Crippen LogP contribution is -2.37. The van der Waals surface area contributed by atoms with E-state index in [9.17, 15) is 27.5 Å². The van der Waals surface area contributed by atoms with Gasteiger partial charge in [-0.25, -0.2) is 4.79 Å². The van der Waals surface area contributed by atoms with Crippen LogP contribution in [-0.4, -0.2) is 53.6 Å². The van der Waals surface area contributed by atoms with Crippen molar-refractivity contribution < 1.29 is 42.0 Å². The van der Waals surface area contributed by atoms with Crippen LogP contribution in [0.2, 0.25) is 0 Å². The Morgan fingerprint density at radius 3 is 2.33 bits per heavy atom. The molecule has 1 amide bonds. The van der Waals surface area contributed by atoms with Gasteiger partial charge >= 0.3 is 6.09 Å². The van der Waals surface area contributed by atoms with Gasteiger partial charge in [0.25, 0.3) is 11.8 Å². The van der Waals surface area contributed by atoms with E-state index in [1.54, 1.807) is 39.0 Å². The maximum atomic E-state index is 13.8. The van der Waals surface area contributed by atoms with Crippen molar-refractivity contribution in [1.29, 1.82) is 0 Å².